The topological polar surface area (TPSA) is 61.8 Å². The first kappa shape index (κ1) is 28.0. The summed E-state index contributed by atoms with van der Waals surface area (Å²) < 4.78 is 45.6. The molecule has 0 aliphatic heterocycles. The molecule has 202 valence electrons. The van der Waals surface area contributed by atoms with Gasteiger partial charge in [-0.2, -0.15) is 0 Å². The average molecular weight is 541 g/mol. The van der Waals surface area contributed by atoms with E-state index in [0.717, 1.165) is 5.56 Å². The normalized spacial score (nSPS) is 10.5. The largest absolute Gasteiger partial charge is 0.486 e. The number of ether oxygens (including phenoxy) is 3. The Morgan fingerprint density at radius 2 is 1.18 bits per heavy atom. The fourth-order valence-electron chi connectivity index (χ4n) is 3.65. The van der Waals surface area contributed by atoms with Gasteiger partial charge in [0.15, 0.2) is 11.6 Å². The molecular weight excluding hydrogens is 514 g/mol. The second-order valence-electron chi connectivity index (χ2n) is 9.14. The van der Waals surface area contributed by atoms with Crippen LogP contribution in [0.3, 0.4) is 0 Å². The summed E-state index contributed by atoms with van der Waals surface area (Å²) >= 11 is 0. The Hall–Kier alpha value is -5.04. The molecule has 0 heterocycles. The molecule has 0 aliphatic rings. The molecule has 5 nitrogen and oxygen atoms in total. The summed E-state index contributed by atoms with van der Waals surface area (Å²) in [6, 6.07) is 22.3. The van der Waals surface area contributed by atoms with E-state index in [1.54, 1.807) is 80.6 Å². The first-order valence-corrected chi connectivity index (χ1v) is 12.3. The minimum atomic E-state index is -0.570. The van der Waals surface area contributed by atoms with Crippen molar-refractivity contribution < 1.29 is 32.6 Å². The number of halogens is 2. The molecule has 0 atom stereocenters. The number of rotatable bonds is 9. The van der Waals surface area contributed by atoms with Gasteiger partial charge in [-0.05, 0) is 78.6 Å². The number of esters is 2. The van der Waals surface area contributed by atoms with Crippen LogP contribution in [0.15, 0.2) is 109 Å². The van der Waals surface area contributed by atoms with E-state index in [0.29, 0.717) is 33.8 Å². The minimum absolute atomic E-state index is 0.0279. The van der Waals surface area contributed by atoms with Crippen molar-refractivity contribution in [3.8, 4) is 39.5 Å². The van der Waals surface area contributed by atoms with Crippen LogP contribution in [0.2, 0.25) is 0 Å². The van der Waals surface area contributed by atoms with Crippen LogP contribution in [0.4, 0.5) is 8.78 Å². The van der Waals surface area contributed by atoms with E-state index in [1.807, 2.05) is 0 Å². The molecule has 0 fully saturated rings. The van der Waals surface area contributed by atoms with Crippen molar-refractivity contribution in [3.05, 3.63) is 126 Å². The summed E-state index contributed by atoms with van der Waals surface area (Å²) in [6.07, 6.45) is 0. The Bertz CT molecular complexity index is 1590. The van der Waals surface area contributed by atoms with Crippen molar-refractivity contribution in [3.63, 3.8) is 0 Å². The van der Waals surface area contributed by atoms with Gasteiger partial charge in [-0.25, -0.2) is 18.4 Å². The first-order chi connectivity index (χ1) is 19.1. The van der Waals surface area contributed by atoms with Gasteiger partial charge < -0.3 is 14.2 Å². The molecule has 7 heteroatoms. The number of hydrogen-bond donors (Lipinski definition) is 0. The Morgan fingerprint density at radius 1 is 0.650 bits per heavy atom. The Labute approximate surface area is 231 Å². The molecular formula is C33H26F2O5. The fourth-order valence-corrected chi connectivity index (χ4v) is 3.65. The van der Waals surface area contributed by atoms with Crippen LogP contribution in [-0.4, -0.2) is 11.9 Å². The summed E-state index contributed by atoms with van der Waals surface area (Å²) in [4.78, 5) is 23.3. The van der Waals surface area contributed by atoms with Gasteiger partial charge >= 0.3 is 11.9 Å². The van der Waals surface area contributed by atoms with E-state index in [-0.39, 0.29) is 23.5 Å². The third-order valence-electron chi connectivity index (χ3n) is 5.83. The van der Waals surface area contributed by atoms with Crippen molar-refractivity contribution in [2.24, 2.45) is 0 Å². The van der Waals surface area contributed by atoms with Gasteiger partial charge in [-0.1, -0.05) is 55.6 Å². The highest BCUT2D eigenvalue weighted by Gasteiger charge is 2.12. The number of carbonyl (C=O) groups excluding carboxylic acids is 2. The molecule has 4 aromatic carbocycles. The number of hydrogen-bond acceptors (Lipinski definition) is 5. The van der Waals surface area contributed by atoms with Crippen molar-refractivity contribution in [1.29, 1.82) is 0 Å². The zero-order valence-electron chi connectivity index (χ0n) is 22.0. The van der Waals surface area contributed by atoms with Crippen LogP contribution in [0, 0.1) is 11.6 Å². The highest BCUT2D eigenvalue weighted by Crippen LogP contribution is 2.29. The third kappa shape index (κ3) is 6.88. The van der Waals surface area contributed by atoms with Gasteiger partial charge in [0.2, 0.25) is 0 Å². The summed E-state index contributed by atoms with van der Waals surface area (Å²) in [5, 5.41) is 0. The van der Waals surface area contributed by atoms with Crippen molar-refractivity contribution >= 4 is 11.9 Å². The Balaban J connectivity index is 1.39. The maximum atomic E-state index is 14.9. The molecule has 0 bridgehead atoms. The lowest BCUT2D eigenvalue weighted by atomic mass is 10.0. The minimum Gasteiger partial charge on any atom is -0.486 e. The van der Waals surface area contributed by atoms with Gasteiger partial charge in [-0.3, -0.25) is 0 Å². The van der Waals surface area contributed by atoms with E-state index in [4.69, 9.17) is 14.2 Å². The van der Waals surface area contributed by atoms with Crippen LogP contribution in [0.5, 0.6) is 17.2 Å². The van der Waals surface area contributed by atoms with E-state index in [9.17, 15) is 18.4 Å². The molecule has 0 saturated carbocycles. The molecule has 4 aromatic rings. The lowest BCUT2D eigenvalue weighted by Crippen LogP contribution is -2.07. The summed E-state index contributed by atoms with van der Waals surface area (Å²) in [5.41, 5.74) is 3.38. The van der Waals surface area contributed by atoms with E-state index in [2.05, 4.69) is 13.2 Å². The monoisotopic (exact) mass is 540 g/mol. The molecule has 0 radical (unpaired) electrons. The third-order valence-corrected chi connectivity index (χ3v) is 5.83. The van der Waals surface area contributed by atoms with Gasteiger partial charge in [-0.15, -0.1) is 0 Å². The standard InChI is InChI=1S/C33H26F2O5/c1-20(2)32(36)39-26-11-6-23(7-12-26)25-10-16-31(30(35)18-25)38-19-22-5-15-28(29(34)17-22)24-8-13-27(14-9-24)40-33(37)21(3)4/h5-18H,1,3,19H2,2,4H3. The van der Waals surface area contributed by atoms with Crippen LogP contribution in [0.1, 0.15) is 19.4 Å². The van der Waals surface area contributed by atoms with Crippen molar-refractivity contribution in [2.45, 2.75) is 20.5 Å². The van der Waals surface area contributed by atoms with E-state index in [1.165, 1.54) is 18.2 Å². The highest BCUT2D eigenvalue weighted by atomic mass is 19.1. The molecule has 0 saturated heterocycles. The van der Waals surface area contributed by atoms with Crippen molar-refractivity contribution in [2.75, 3.05) is 0 Å². The Kier molecular flexibility index (Phi) is 8.54. The molecule has 0 amide bonds. The number of benzene rings is 4. The van der Waals surface area contributed by atoms with E-state index >= 15 is 0 Å². The van der Waals surface area contributed by atoms with Crippen LogP contribution >= 0.6 is 0 Å². The maximum absolute atomic E-state index is 14.9. The summed E-state index contributed by atoms with van der Waals surface area (Å²) in [5.74, 6) is -1.38. The van der Waals surface area contributed by atoms with Crippen LogP contribution in [0.25, 0.3) is 22.3 Å². The molecule has 0 N–H and O–H groups in total. The maximum Gasteiger partial charge on any atom is 0.338 e. The van der Waals surface area contributed by atoms with Gasteiger partial charge in [0.1, 0.15) is 23.9 Å². The Morgan fingerprint density at radius 3 is 1.68 bits per heavy atom. The van der Waals surface area contributed by atoms with E-state index < -0.39 is 23.6 Å². The lowest BCUT2D eigenvalue weighted by molar-refractivity contribution is -0.130. The molecule has 0 aromatic heterocycles. The smallest absolute Gasteiger partial charge is 0.338 e. The molecule has 0 aliphatic carbocycles. The zero-order valence-corrected chi connectivity index (χ0v) is 22.0. The van der Waals surface area contributed by atoms with Crippen LogP contribution < -0.4 is 14.2 Å². The quantitative estimate of drug-likeness (QED) is 0.123. The van der Waals surface area contributed by atoms with Gasteiger partial charge in [0, 0.05) is 16.7 Å². The second-order valence-corrected chi connectivity index (χ2v) is 9.14. The molecule has 0 spiro atoms. The van der Waals surface area contributed by atoms with Crippen molar-refractivity contribution in [1.82, 2.24) is 0 Å². The fraction of sp³-hybridized carbons (Fsp3) is 0.0909. The highest BCUT2D eigenvalue weighted by molar-refractivity contribution is 5.89. The lowest BCUT2D eigenvalue weighted by Gasteiger charge is -2.11. The zero-order chi connectivity index (χ0) is 28.8. The van der Waals surface area contributed by atoms with Gasteiger partial charge in [0.05, 0.1) is 0 Å². The SMILES string of the molecule is C=C(C)C(=O)Oc1ccc(-c2ccc(OCc3ccc(-c4ccc(OC(=O)C(=C)C)cc4)c(F)c3)c(F)c2)cc1. The number of carbonyl (C=O) groups is 2. The van der Waals surface area contributed by atoms with Gasteiger partial charge in [0.25, 0.3) is 0 Å². The predicted octanol–water partition coefficient (Wildman–Crippen LogP) is 7.84. The van der Waals surface area contributed by atoms with Crippen LogP contribution in [-0.2, 0) is 16.2 Å². The first-order valence-electron chi connectivity index (χ1n) is 12.3. The second kappa shape index (κ2) is 12.2. The molecule has 40 heavy (non-hydrogen) atoms. The molecule has 0 unspecified atom stereocenters. The predicted molar refractivity (Wildman–Crippen MR) is 149 cm³/mol. The summed E-state index contributed by atoms with van der Waals surface area (Å²) in [6.45, 7) is 10.2. The summed E-state index contributed by atoms with van der Waals surface area (Å²) in [7, 11) is 0. The average Bonchev–Trinajstić information content (AvgIpc) is 2.93. The molecule has 4 rings (SSSR count).